The van der Waals surface area contributed by atoms with Gasteiger partial charge in [0, 0.05) is 39.8 Å². The number of piperidine rings is 1. The van der Waals surface area contributed by atoms with Crippen LogP contribution in [0.5, 0.6) is 5.75 Å². The summed E-state index contributed by atoms with van der Waals surface area (Å²) in [6.07, 6.45) is 2.67. The second kappa shape index (κ2) is 14.4. The van der Waals surface area contributed by atoms with Gasteiger partial charge in [0.15, 0.2) is 5.96 Å². The summed E-state index contributed by atoms with van der Waals surface area (Å²) in [5.41, 5.74) is 3.87. The second-order valence-electron chi connectivity index (χ2n) is 8.64. The number of methoxy groups -OCH3 is 1. The average Bonchev–Trinajstić information content (AvgIpc) is 2.83. The van der Waals surface area contributed by atoms with Gasteiger partial charge in [-0.1, -0.05) is 43.3 Å². The van der Waals surface area contributed by atoms with Crippen LogP contribution < -0.4 is 15.4 Å². The smallest absolute Gasteiger partial charge is 0.191 e. The number of hydrogen-bond donors (Lipinski definition) is 3. The maximum Gasteiger partial charge on any atom is 0.191 e. The summed E-state index contributed by atoms with van der Waals surface area (Å²) in [6, 6.07) is 17.1. The van der Waals surface area contributed by atoms with Gasteiger partial charge < -0.3 is 20.5 Å². The summed E-state index contributed by atoms with van der Waals surface area (Å²) in [5, 5.41) is 16.5. The lowest BCUT2D eigenvalue weighted by atomic mass is 9.98. The molecule has 1 unspecified atom stereocenters. The van der Waals surface area contributed by atoms with Crippen molar-refractivity contribution in [3.63, 3.8) is 0 Å². The molecule has 6 nitrogen and oxygen atoms in total. The minimum absolute atomic E-state index is 0. The largest absolute Gasteiger partial charge is 0.497 e. The highest BCUT2D eigenvalue weighted by Crippen LogP contribution is 2.21. The summed E-state index contributed by atoms with van der Waals surface area (Å²) < 4.78 is 5.24. The topological polar surface area (TPSA) is 69.1 Å². The molecule has 1 saturated heterocycles. The van der Waals surface area contributed by atoms with Gasteiger partial charge in [0.05, 0.1) is 13.2 Å². The monoisotopic (exact) mass is 566 g/mol. The van der Waals surface area contributed by atoms with Crippen molar-refractivity contribution in [1.29, 1.82) is 0 Å². The van der Waals surface area contributed by atoms with Gasteiger partial charge in [-0.3, -0.25) is 9.89 Å². The van der Waals surface area contributed by atoms with Crippen LogP contribution in [0.1, 0.15) is 48.8 Å². The molecular formula is C26H39IN4O2. The zero-order valence-electron chi connectivity index (χ0n) is 20.1. The van der Waals surface area contributed by atoms with Gasteiger partial charge in [-0.2, -0.15) is 0 Å². The van der Waals surface area contributed by atoms with E-state index in [1.807, 2.05) is 12.1 Å². The van der Waals surface area contributed by atoms with Crippen LogP contribution in [0.2, 0.25) is 0 Å². The van der Waals surface area contributed by atoms with E-state index in [4.69, 9.17) is 4.74 Å². The number of benzene rings is 2. The van der Waals surface area contributed by atoms with Crippen LogP contribution in [0.4, 0.5) is 0 Å². The number of aliphatic imine (C=N–C) groups is 1. The first-order valence-corrected chi connectivity index (χ1v) is 11.6. The van der Waals surface area contributed by atoms with Crippen LogP contribution in [0.3, 0.4) is 0 Å². The highest BCUT2D eigenvalue weighted by Gasteiger charge is 2.16. The van der Waals surface area contributed by atoms with E-state index in [-0.39, 0.29) is 30.1 Å². The first-order valence-electron chi connectivity index (χ1n) is 11.6. The Morgan fingerprint density at radius 1 is 1.06 bits per heavy atom. The van der Waals surface area contributed by atoms with Crippen LogP contribution >= 0.6 is 24.0 Å². The van der Waals surface area contributed by atoms with Gasteiger partial charge in [-0.05, 0) is 54.0 Å². The van der Waals surface area contributed by atoms with Gasteiger partial charge in [0.25, 0.3) is 0 Å². The molecular weight excluding hydrogens is 527 g/mol. The second-order valence-corrected chi connectivity index (χ2v) is 8.64. The van der Waals surface area contributed by atoms with Crippen molar-refractivity contribution in [3.8, 4) is 5.75 Å². The number of halogens is 1. The van der Waals surface area contributed by atoms with Gasteiger partial charge in [0.2, 0.25) is 0 Å². The van der Waals surface area contributed by atoms with Crippen LogP contribution in [0, 0.1) is 0 Å². The van der Waals surface area contributed by atoms with E-state index < -0.39 is 0 Å². The van der Waals surface area contributed by atoms with Crippen molar-refractivity contribution in [2.24, 2.45) is 4.99 Å². The first kappa shape index (κ1) is 27.4. The predicted octanol–water partition coefficient (Wildman–Crippen LogP) is 4.13. The summed E-state index contributed by atoms with van der Waals surface area (Å²) in [5.74, 6) is 2.17. The van der Waals surface area contributed by atoms with E-state index in [1.54, 1.807) is 14.2 Å². The summed E-state index contributed by atoms with van der Waals surface area (Å²) in [6.45, 7) is 6.75. The number of nitrogens with zero attached hydrogens (tertiary/aromatic N) is 2. The van der Waals surface area contributed by atoms with Crippen LogP contribution in [0.25, 0.3) is 0 Å². The van der Waals surface area contributed by atoms with Crippen molar-refractivity contribution >= 4 is 29.9 Å². The molecule has 2 aromatic rings. The van der Waals surface area contributed by atoms with Crippen molar-refractivity contribution in [3.05, 3.63) is 65.2 Å². The Bertz CT molecular complexity index is 834. The molecule has 0 radical (unpaired) electrons. The molecule has 1 atom stereocenters. The van der Waals surface area contributed by atoms with Gasteiger partial charge in [-0.15, -0.1) is 24.0 Å². The number of hydrogen-bond acceptors (Lipinski definition) is 4. The van der Waals surface area contributed by atoms with E-state index in [2.05, 4.69) is 63.8 Å². The van der Waals surface area contributed by atoms with Crippen LogP contribution in [-0.2, 0) is 13.1 Å². The third kappa shape index (κ3) is 9.14. The fraction of sp³-hybridized carbons (Fsp3) is 0.500. The number of ether oxygens (including phenoxy) is 1. The Morgan fingerprint density at radius 3 is 2.30 bits per heavy atom. The molecule has 0 saturated carbocycles. The van der Waals surface area contributed by atoms with Gasteiger partial charge in [-0.25, -0.2) is 0 Å². The van der Waals surface area contributed by atoms with E-state index in [0.29, 0.717) is 5.92 Å². The minimum atomic E-state index is -0.117. The highest BCUT2D eigenvalue weighted by atomic mass is 127. The number of rotatable bonds is 9. The fourth-order valence-electron chi connectivity index (χ4n) is 4.01. The third-order valence-electron chi connectivity index (χ3n) is 6.22. The lowest BCUT2D eigenvalue weighted by Crippen LogP contribution is -2.37. The molecule has 182 valence electrons. The molecule has 7 heteroatoms. The lowest BCUT2D eigenvalue weighted by molar-refractivity contribution is 0.0792. The highest BCUT2D eigenvalue weighted by molar-refractivity contribution is 14.0. The number of aliphatic hydroxyl groups excluding tert-OH is 1. The maximum absolute atomic E-state index is 9.65. The van der Waals surface area contributed by atoms with E-state index in [0.717, 1.165) is 63.7 Å². The molecule has 1 fully saturated rings. The van der Waals surface area contributed by atoms with E-state index in [1.165, 1.54) is 16.7 Å². The molecule has 0 spiro atoms. The summed E-state index contributed by atoms with van der Waals surface area (Å²) >= 11 is 0. The van der Waals surface area contributed by atoms with Gasteiger partial charge in [0.1, 0.15) is 5.75 Å². The van der Waals surface area contributed by atoms with Crippen molar-refractivity contribution < 1.29 is 9.84 Å². The zero-order chi connectivity index (χ0) is 22.8. The molecule has 1 heterocycles. The van der Waals surface area contributed by atoms with Crippen LogP contribution in [-0.4, -0.2) is 55.9 Å². The molecule has 0 amide bonds. The van der Waals surface area contributed by atoms with Crippen molar-refractivity contribution in [2.45, 2.75) is 51.3 Å². The van der Waals surface area contributed by atoms with E-state index in [9.17, 15) is 5.11 Å². The molecule has 3 rings (SSSR count). The number of aliphatic hydroxyl groups is 1. The molecule has 1 aliphatic rings. The van der Waals surface area contributed by atoms with Crippen molar-refractivity contribution in [2.75, 3.05) is 33.8 Å². The quantitative estimate of drug-likeness (QED) is 0.242. The SMILES string of the molecule is CN=C(NCCC(C)c1ccc(OC)cc1)NCc1ccc(CN2CCC(O)CC2)cc1.I. The Kier molecular flexibility index (Phi) is 12.0. The maximum atomic E-state index is 9.65. The predicted molar refractivity (Wildman–Crippen MR) is 147 cm³/mol. The average molecular weight is 567 g/mol. The molecule has 3 N–H and O–H groups in total. The fourth-order valence-corrected chi connectivity index (χ4v) is 4.01. The number of guanidine groups is 1. The Balaban J connectivity index is 0.00000385. The van der Waals surface area contributed by atoms with Gasteiger partial charge >= 0.3 is 0 Å². The van der Waals surface area contributed by atoms with Crippen molar-refractivity contribution in [1.82, 2.24) is 15.5 Å². The standard InChI is InChI=1S/C26H38N4O2.HI/c1-20(23-8-10-25(32-3)11-9-23)12-15-28-26(27-2)29-18-21-4-6-22(7-5-21)19-30-16-13-24(31)14-17-30;/h4-11,20,24,31H,12-19H2,1-3H3,(H2,27,28,29);1H. The van der Waals surface area contributed by atoms with Crippen LogP contribution in [0.15, 0.2) is 53.5 Å². The zero-order valence-corrected chi connectivity index (χ0v) is 22.4. The number of likely N-dealkylation sites (tertiary alicyclic amines) is 1. The molecule has 0 aliphatic carbocycles. The summed E-state index contributed by atoms with van der Waals surface area (Å²) in [4.78, 5) is 6.76. The Labute approximate surface area is 215 Å². The van der Waals surface area contributed by atoms with E-state index >= 15 is 0 Å². The molecule has 2 aromatic carbocycles. The normalized spacial score (nSPS) is 16.1. The molecule has 1 aliphatic heterocycles. The Morgan fingerprint density at radius 2 is 1.70 bits per heavy atom. The molecule has 33 heavy (non-hydrogen) atoms. The lowest BCUT2D eigenvalue weighted by Gasteiger charge is -2.29. The first-order chi connectivity index (χ1) is 15.6. The minimum Gasteiger partial charge on any atom is -0.497 e. The number of nitrogens with one attached hydrogen (secondary N) is 2. The Hall–Kier alpha value is -1.84. The molecule has 0 aromatic heterocycles. The summed E-state index contributed by atoms with van der Waals surface area (Å²) in [7, 11) is 3.50. The third-order valence-corrected chi connectivity index (χ3v) is 6.22. The molecule has 0 bridgehead atoms.